The van der Waals surface area contributed by atoms with Gasteiger partial charge in [-0.15, -0.1) is 0 Å². The van der Waals surface area contributed by atoms with E-state index < -0.39 is 5.91 Å². The molecule has 0 unspecified atom stereocenters. The number of thioether (sulfide) groups is 1. The van der Waals surface area contributed by atoms with Gasteiger partial charge < -0.3 is 16.0 Å². The highest BCUT2D eigenvalue weighted by Gasteiger charge is 2.07. The Morgan fingerprint density at radius 1 is 1.59 bits per heavy atom. The van der Waals surface area contributed by atoms with Gasteiger partial charge in [0.15, 0.2) is 5.16 Å². The highest BCUT2D eigenvalue weighted by Crippen LogP contribution is 2.10. The first-order chi connectivity index (χ1) is 8.01. The normalized spacial score (nSPS) is 9.94. The topological polar surface area (TPSA) is 118 Å². The van der Waals surface area contributed by atoms with Gasteiger partial charge in [0.1, 0.15) is 0 Å². The number of likely N-dealkylation sites (N-methyl/N-ethyl adjacent to an activating group) is 1. The molecule has 0 atom stereocenters. The molecular formula is C9H12N4O3S. The summed E-state index contributed by atoms with van der Waals surface area (Å²) in [5.41, 5.74) is 4.95. The molecule has 0 spiro atoms. The zero-order chi connectivity index (χ0) is 12.8. The molecule has 0 aliphatic heterocycles. The molecule has 1 aromatic heterocycles. The first-order valence-electron chi connectivity index (χ1n) is 4.73. The number of aromatic amines is 1. The SMILES string of the molecule is CNC(=O)Cc1cc(=O)[nH]c(SCC(N)=O)n1. The molecule has 1 aromatic rings. The quantitative estimate of drug-likeness (QED) is 0.444. The van der Waals surface area contributed by atoms with E-state index in [2.05, 4.69) is 15.3 Å². The van der Waals surface area contributed by atoms with Crippen LogP contribution in [0.5, 0.6) is 0 Å². The predicted molar refractivity (Wildman–Crippen MR) is 62.5 cm³/mol. The molecule has 17 heavy (non-hydrogen) atoms. The van der Waals surface area contributed by atoms with Crippen LogP contribution in [0.15, 0.2) is 16.0 Å². The second-order valence-electron chi connectivity index (χ2n) is 3.15. The Bertz CT molecular complexity index is 485. The number of hydrogen-bond donors (Lipinski definition) is 3. The van der Waals surface area contributed by atoms with Crippen LogP contribution in [0.3, 0.4) is 0 Å². The molecule has 4 N–H and O–H groups in total. The van der Waals surface area contributed by atoms with Crippen LogP contribution < -0.4 is 16.6 Å². The molecule has 92 valence electrons. The first-order valence-corrected chi connectivity index (χ1v) is 5.71. The smallest absolute Gasteiger partial charge is 0.251 e. The molecule has 1 heterocycles. The van der Waals surface area contributed by atoms with Crippen LogP contribution in [0.1, 0.15) is 5.69 Å². The van der Waals surface area contributed by atoms with E-state index >= 15 is 0 Å². The average molecular weight is 256 g/mol. The summed E-state index contributed by atoms with van der Waals surface area (Å²) in [6, 6.07) is 1.24. The van der Waals surface area contributed by atoms with E-state index in [0.29, 0.717) is 5.69 Å². The van der Waals surface area contributed by atoms with Crippen LogP contribution in [0.25, 0.3) is 0 Å². The van der Waals surface area contributed by atoms with Crippen molar-refractivity contribution in [2.75, 3.05) is 12.8 Å². The lowest BCUT2D eigenvalue weighted by atomic mass is 10.3. The van der Waals surface area contributed by atoms with Crippen LogP contribution in [-0.2, 0) is 16.0 Å². The highest BCUT2D eigenvalue weighted by molar-refractivity contribution is 7.99. The molecular weight excluding hydrogens is 244 g/mol. The minimum Gasteiger partial charge on any atom is -0.369 e. The second-order valence-corrected chi connectivity index (χ2v) is 4.11. The summed E-state index contributed by atoms with van der Waals surface area (Å²) in [4.78, 5) is 39.5. The average Bonchev–Trinajstić information content (AvgIpc) is 2.25. The molecule has 0 saturated heterocycles. The van der Waals surface area contributed by atoms with Gasteiger partial charge in [0, 0.05) is 13.1 Å². The number of carbonyl (C=O) groups is 2. The molecule has 2 amide bonds. The Morgan fingerprint density at radius 2 is 2.29 bits per heavy atom. The van der Waals surface area contributed by atoms with Crippen molar-refractivity contribution in [3.8, 4) is 0 Å². The Balaban J connectivity index is 2.82. The summed E-state index contributed by atoms with van der Waals surface area (Å²) < 4.78 is 0. The molecule has 0 aromatic carbocycles. The van der Waals surface area contributed by atoms with Crippen LogP contribution in [-0.4, -0.2) is 34.6 Å². The van der Waals surface area contributed by atoms with Crippen molar-refractivity contribution in [2.45, 2.75) is 11.6 Å². The third-order valence-corrected chi connectivity index (χ3v) is 2.64. The number of carbonyl (C=O) groups excluding carboxylic acids is 2. The van der Waals surface area contributed by atoms with Gasteiger partial charge in [0.25, 0.3) is 5.56 Å². The zero-order valence-electron chi connectivity index (χ0n) is 9.15. The standard InChI is InChI=1S/C9H12N4O3S/c1-11-7(15)2-5-3-8(16)13-9(12-5)17-4-6(10)14/h3H,2,4H2,1H3,(H2,10,14)(H,11,15)(H,12,13,16). The fraction of sp³-hybridized carbons (Fsp3) is 0.333. The van der Waals surface area contributed by atoms with E-state index in [9.17, 15) is 14.4 Å². The maximum atomic E-state index is 11.3. The Hall–Kier alpha value is -1.83. The lowest BCUT2D eigenvalue weighted by Gasteiger charge is -2.02. The number of rotatable bonds is 5. The van der Waals surface area contributed by atoms with Gasteiger partial charge in [-0.25, -0.2) is 4.98 Å². The Labute approximate surface area is 101 Å². The van der Waals surface area contributed by atoms with Crippen LogP contribution >= 0.6 is 11.8 Å². The summed E-state index contributed by atoms with van der Waals surface area (Å²) >= 11 is 1.02. The summed E-state index contributed by atoms with van der Waals surface area (Å²) in [6.07, 6.45) is 0.0184. The summed E-state index contributed by atoms with van der Waals surface area (Å²) in [5, 5.41) is 2.70. The third-order valence-electron chi connectivity index (χ3n) is 1.74. The van der Waals surface area contributed by atoms with Crippen molar-refractivity contribution in [3.05, 3.63) is 22.1 Å². The van der Waals surface area contributed by atoms with Crippen LogP contribution in [0.2, 0.25) is 0 Å². The predicted octanol–water partition coefficient (Wildman–Crippen LogP) is -1.36. The minimum absolute atomic E-state index is 0.0184. The fourth-order valence-corrected chi connectivity index (χ4v) is 1.67. The number of hydrogen-bond acceptors (Lipinski definition) is 5. The lowest BCUT2D eigenvalue weighted by Crippen LogP contribution is -2.22. The van der Waals surface area contributed by atoms with Gasteiger partial charge in [-0.2, -0.15) is 0 Å². The summed E-state index contributed by atoms with van der Waals surface area (Å²) in [7, 11) is 1.50. The van der Waals surface area contributed by atoms with Gasteiger partial charge in [0.2, 0.25) is 11.8 Å². The van der Waals surface area contributed by atoms with E-state index in [4.69, 9.17) is 5.73 Å². The number of aromatic nitrogens is 2. The largest absolute Gasteiger partial charge is 0.369 e. The fourth-order valence-electron chi connectivity index (χ4n) is 1.03. The minimum atomic E-state index is -0.505. The molecule has 0 bridgehead atoms. The molecule has 0 saturated carbocycles. The Morgan fingerprint density at radius 3 is 2.88 bits per heavy atom. The van der Waals surface area contributed by atoms with Crippen molar-refractivity contribution in [1.29, 1.82) is 0 Å². The van der Waals surface area contributed by atoms with Crippen LogP contribution in [0, 0.1) is 0 Å². The Kier molecular flexibility index (Phi) is 4.70. The van der Waals surface area contributed by atoms with Gasteiger partial charge in [0.05, 0.1) is 17.9 Å². The van der Waals surface area contributed by atoms with E-state index in [1.165, 1.54) is 13.1 Å². The molecule has 1 rings (SSSR count). The van der Waals surface area contributed by atoms with Gasteiger partial charge in [-0.05, 0) is 0 Å². The van der Waals surface area contributed by atoms with Gasteiger partial charge >= 0.3 is 0 Å². The van der Waals surface area contributed by atoms with E-state index in [-0.39, 0.29) is 28.8 Å². The number of nitrogens with two attached hydrogens (primary N) is 1. The summed E-state index contributed by atoms with van der Waals surface area (Å²) in [6.45, 7) is 0. The second kappa shape index (κ2) is 6.04. The lowest BCUT2D eigenvalue weighted by molar-refractivity contribution is -0.120. The maximum Gasteiger partial charge on any atom is 0.251 e. The molecule has 0 fully saturated rings. The molecule has 0 aliphatic rings. The molecule has 0 radical (unpaired) electrons. The van der Waals surface area contributed by atoms with Crippen molar-refractivity contribution in [3.63, 3.8) is 0 Å². The van der Waals surface area contributed by atoms with Crippen molar-refractivity contribution in [2.24, 2.45) is 5.73 Å². The number of primary amides is 1. The van der Waals surface area contributed by atoms with Crippen LogP contribution in [0.4, 0.5) is 0 Å². The first kappa shape index (κ1) is 13.2. The molecule has 7 nitrogen and oxygen atoms in total. The van der Waals surface area contributed by atoms with Gasteiger partial charge in [-0.1, -0.05) is 11.8 Å². The number of nitrogens with zero attached hydrogens (tertiary/aromatic N) is 1. The number of H-pyrrole nitrogens is 1. The number of amides is 2. The maximum absolute atomic E-state index is 11.3. The third kappa shape index (κ3) is 4.68. The van der Waals surface area contributed by atoms with Crippen molar-refractivity contribution >= 4 is 23.6 Å². The summed E-state index contributed by atoms with van der Waals surface area (Å²) in [5.74, 6) is -0.727. The van der Waals surface area contributed by atoms with Crippen molar-refractivity contribution < 1.29 is 9.59 Å². The zero-order valence-corrected chi connectivity index (χ0v) is 9.97. The van der Waals surface area contributed by atoms with E-state index in [1.807, 2.05) is 0 Å². The van der Waals surface area contributed by atoms with E-state index in [1.54, 1.807) is 0 Å². The number of nitrogens with one attached hydrogen (secondary N) is 2. The molecule has 0 aliphatic carbocycles. The van der Waals surface area contributed by atoms with Crippen molar-refractivity contribution in [1.82, 2.24) is 15.3 Å². The van der Waals surface area contributed by atoms with Gasteiger partial charge in [-0.3, -0.25) is 14.4 Å². The monoisotopic (exact) mass is 256 g/mol. The van der Waals surface area contributed by atoms with E-state index in [0.717, 1.165) is 11.8 Å². The highest BCUT2D eigenvalue weighted by atomic mass is 32.2. The molecule has 8 heteroatoms.